The van der Waals surface area contributed by atoms with Gasteiger partial charge in [0.15, 0.2) is 6.10 Å². The van der Waals surface area contributed by atoms with Gasteiger partial charge in [0.05, 0.1) is 37.7 Å². The van der Waals surface area contributed by atoms with Gasteiger partial charge in [0.1, 0.15) is 36.4 Å². The molecule has 6 atom stereocenters. The number of phosphoric acid groups is 1. The van der Waals surface area contributed by atoms with Gasteiger partial charge in [0.25, 0.3) is 0 Å². The third-order valence-corrected chi connectivity index (χ3v) is 16.7. The first-order valence-corrected chi connectivity index (χ1v) is 33.6. The fraction of sp³-hybridized carbons (Fsp3) is 0.738. The van der Waals surface area contributed by atoms with Crippen LogP contribution in [0, 0.1) is 5.92 Å². The van der Waals surface area contributed by atoms with Crippen LogP contribution in [-0.2, 0) is 47.3 Å². The Kier molecular flexibility index (Phi) is 40.1. The van der Waals surface area contributed by atoms with E-state index in [9.17, 15) is 29.4 Å². The predicted molar refractivity (Wildman–Crippen MR) is 324 cm³/mol. The Morgan fingerprint density at radius 1 is 0.578 bits per heavy atom. The molecule has 0 unspecified atom stereocenters. The number of benzene rings is 2. The Morgan fingerprint density at radius 2 is 1.01 bits per heavy atom. The number of unbranched alkanes of at least 4 members (excludes halogenated alkanes) is 26. The van der Waals surface area contributed by atoms with Crippen LogP contribution in [-0.4, -0.2) is 101 Å². The van der Waals surface area contributed by atoms with Gasteiger partial charge in [-0.1, -0.05) is 243 Å². The molecule has 472 valence electrons. The number of aliphatic carboxylic acids is 2. The number of para-hydroxylation sites is 2. The highest BCUT2D eigenvalue weighted by Crippen LogP contribution is 2.52. The summed E-state index contributed by atoms with van der Waals surface area (Å²) in [6.07, 6.45) is 27.9. The number of carbonyl (C=O) groups excluding carboxylic acids is 3. The summed E-state index contributed by atoms with van der Waals surface area (Å²) >= 11 is 0. The molecule has 0 spiro atoms. The molecular formula is C65H107N2O15P. The number of ether oxygens (including phenoxy) is 3. The summed E-state index contributed by atoms with van der Waals surface area (Å²) in [4.78, 5) is 65.4. The summed E-state index contributed by atoms with van der Waals surface area (Å²) < 4.78 is 52.9. The molecule has 3 rings (SSSR count). The van der Waals surface area contributed by atoms with E-state index < -0.39 is 99.6 Å². The van der Waals surface area contributed by atoms with Crippen molar-refractivity contribution in [3.8, 4) is 11.5 Å². The van der Waals surface area contributed by atoms with E-state index in [1.54, 1.807) is 60.7 Å². The van der Waals surface area contributed by atoms with E-state index in [1.807, 2.05) is 0 Å². The second kappa shape index (κ2) is 45.8. The average molecular weight is 1190 g/mol. The molecule has 18 heteroatoms. The first-order valence-electron chi connectivity index (χ1n) is 32.2. The number of nitrogens with one attached hydrogen (secondary N) is 2. The Labute approximate surface area is 497 Å². The van der Waals surface area contributed by atoms with Crippen LogP contribution in [0.25, 0.3) is 0 Å². The van der Waals surface area contributed by atoms with Crippen molar-refractivity contribution in [2.24, 2.45) is 5.92 Å². The molecule has 2 aromatic rings. The van der Waals surface area contributed by atoms with Gasteiger partial charge in [0, 0.05) is 6.42 Å². The smallest absolute Gasteiger partial charge is 0.481 e. The van der Waals surface area contributed by atoms with Crippen LogP contribution in [0.2, 0.25) is 0 Å². The van der Waals surface area contributed by atoms with Crippen molar-refractivity contribution in [1.29, 1.82) is 0 Å². The van der Waals surface area contributed by atoms with Crippen molar-refractivity contribution in [2.45, 2.75) is 282 Å². The Bertz CT molecular complexity index is 2000. The Morgan fingerprint density at radius 3 is 1.45 bits per heavy atom. The lowest BCUT2D eigenvalue weighted by molar-refractivity contribution is -0.194. The van der Waals surface area contributed by atoms with Gasteiger partial charge in [0.2, 0.25) is 11.8 Å². The van der Waals surface area contributed by atoms with Crippen LogP contribution >= 0.6 is 7.82 Å². The molecule has 0 saturated carbocycles. The molecule has 2 aromatic carbocycles. The number of rotatable bonds is 52. The van der Waals surface area contributed by atoms with Gasteiger partial charge in [-0.25, -0.2) is 9.36 Å². The van der Waals surface area contributed by atoms with Crippen molar-refractivity contribution >= 4 is 37.5 Å². The monoisotopic (exact) mass is 1190 g/mol. The van der Waals surface area contributed by atoms with E-state index >= 15 is 9.36 Å². The zero-order valence-corrected chi connectivity index (χ0v) is 51.8. The Hall–Kier alpha value is -4.54. The lowest BCUT2D eigenvalue weighted by atomic mass is 9.93. The number of carboxylic acid groups (broad SMARTS) is 2. The van der Waals surface area contributed by atoms with Crippen molar-refractivity contribution in [3.05, 3.63) is 60.7 Å². The van der Waals surface area contributed by atoms with Crippen LogP contribution in [0.15, 0.2) is 60.7 Å². The van der Waals surface area contributed by atoms with Crippen molar-refractivity contribution < 1.29 is 71.6 Å². The maximum absolute atomic E-state index is 15.4. The average Bonchev–Trinajstić information content (AvgIpc) is 3.48. The molecule has 1 aliphatic rings. The van der Waals surface area contributed by atoms with Crippen molar-refractivity contribution in [3.63, 3.8) is 0 Å². The summed E-state index contributed by atoms with van der Waals surface area (Å²) in [5.41, 5.74) is 0. The lowest BCUT2D eigenvalue weighted by Gasteiger charge is -2.42. The summed E-state index contributed by atoms with van der Waals surface area (Å²) in [5, 5.41) is 35.3. The fourth-order valence-electron chi connectivity index (χ4n) is 10.5. The molecule has 1 saturated heterocycles. The van der Waals surface area contributed by atoms with Crippen LogP contribution in [0.4, 0.5) is 0 Å². The van der Waals surface area contributed by atoms with E-state index in [1.165, 1.54) is 109 Å². The minimum absolute atomic E-state index is 0.122. The molecule has 1 fully saturated rings. The molecule has 0 bridgehead atoms. The third kappa shape index (κ3) is 34.3. The Balaban J connectivity index is 1.99. The highest BCUT2D eigenvalue weighted by Gasteiger charge is 2.50. The van der Waals surface area contributed by atoms with Crippen molar-refractivity contribution in [2.75, 3.05) is 19.8 Å². The summed E-state index contributed by atoms with van der Waals surface area (Å²) in [6, 6.07) is 13.8. The van der Waals surface area contributed by atoms with Gasteiger partial charge in [-0.05, 0) is 49.9 Å². The van der Waals surface area contributed by atoms with Crippen LogP contribution in [0.3, 0.4) is 0 Å². The molecule has 1 heterocycles. The molecule has 0 aliphatic carbocycles. The number of carboxylic acids is 2. The second-order valence-corrected chi connectivity index (χ2v) is 24.3. The van der Waals surface area contributed by atoms with Crippen LogP contribution in [0.1, 0.15) is 245 Å². The zero-order chi connectivity index (χ0) is 60.2. The summed E-state index contributed by atoms with van der Waals surface area (Å²) in [7, 11) is -4.83. The second-order valence-electron chi connectivity index (χ2n) is 22.8. The lowest BCUT2D eigenvalue weighted by Crippen LogP contribution is -2.62. The quantitative estimate of drug-likeness (QED) is 0.0235. The van der Waals surface area contributed by atoms with E-state index in [-0.39, 0.29) is 30.9 Å². The molecule has 0 aromatic heterocycles. The van der Waals surface area contributed by atoms with Gasteiger partial charge in [-0.3, -0.25) is 23.7 Å². The molecule has 5 N–H and O–H groups in total. The van der Waals surface area contributed by atoms with Gasteiger partial charge < -0.3 is 49.2 Å². The zero-order valence-electron chi connectivity index (χ0n) is 50.9. The highest BCUT2D eigenvalue weighted by atomic mass is 31.2. The first kappa shape index (κ1) is 72.7. The first-order chi connectivity index (χ1) is 40.3. The van der Waals surface area contributed by atoms with Crippen LogP contribution in [0.5, 0.6) is 11.5 Å². The molecule has 83 heavy (non-hydrogen) atoms. The molecule has 0 radical (unpaired) electrons. The van der Waals surface area contributed by atoms with E-state index in [2.05, 4.69) is 31.4 Å². The number of hydrogen-bond acceptors (Lipinski definition) is 13. The molecular weight excluding hydrogens is 1080 g/mol. The van der Waals surface area contributed by atoms with E-state index in [4.69, 9.17) is 32.9 Å². The van der Waals surface area contributed by atoms with E-state index in [0.29, 0.717) is 19.3 Å². The van der Waals surface area contributed by atoms with Crippen LogP contribution < -0.4 is 19.7 Å². The normalized spacial score (nSPS) is 16.9. The topological polar surface area (TPSA) is 243 Å². The number of aliphatic hydroxyl groups excluding tert-OH is 1. The number of carbonyl (C=O) groups is 5. The molecule has 17 nitrogen and oxygen atoms in total. The molecule has 2 amide bonds. The largest absolute Gasteiger partial charge is 0.588 e. The number of hydrogen-bond donors (Lipinski definition) is 5. The minimum atomic E-state index is -4.83. The SMILES string of the molecule is CCCCCCCCCCCCC(CCCCCCCCCCCC)C(=O)O[C@H]1[C@H](OP(=O)(Oc2ccccc2)Oc2ccccc2)[C@@H](COCC(=O)N[C@@H](CCC(=O)O)C(=O)O)OC[C@@H]1NC(=O)C[C@H](O)CCCCCCCCCCC. The van der Waals surface area contributed by atoms with Gasteiger partial charge in [-0.15, -0.1) is 0 Å². The number of aliphatic hydroxyl groups is 1. The van der Waals surface area contributed by atoms with Crippen molar-refractivity contribution in [1.82, 2.24) is 10.6 Å². The summed E-state index contributed by atoms with van der Waals surface area (Å²) in [5.74, 6) is -4.85. The maximum atomic E-state index is 15.4. The highest BCUT2D eigenvalue weighted by molar-refractivity contribution is 7.49. The standard InChI is InChI=1S/C65H107N2O15P/c1-4-7-10-13-16-19-22-24-27-32-39-52(40-33-28-25-23-20-17-14-11-8-5-2)65(75)79-62-57(67-59(69)48-53(68)41-34-29-26-21-18-15-12-9-6-3)49-78-58(50-77-51-60(70)66-56(64(73)74)46-47-61(71)72)63(62)82-83(76,80-54-42-35-30-36-43-54)81-55-44-37-31-38-45-55/h30-31,35-38,42-45,52-53,56-58,62-63,68H,4-29,32-34,39-41,46-51H2,1-3H3,(H,66,70)(H,67,69)(H,71,72)(H,73,74)/t53-,56+,57+,58-,62-,63-/m1/s1. The minimum Gasteiger partial charge on any atom is -0.481 e. The van der Waals surface area contributed by atoms with Gasteiger partial charge in [-0.2, -0.15) is 0 Å². The third-order valence-electron chi connectivity index (χ3n) is 15.3. The number of amides is 2. The maximum Gasteiger partial charge on any atom is 0.588 e. The fourth-order valence-corrected chi connectivity index (χ4v) is 11.9. The molecule has 1 aliphatic heterocycles. The van der Waals surface area contributed by atoms with E-state index in [0.717, 1.165) is 77.0 Å². The number of esters is 1. The van der Waals surface area contributed by atoms with Gasteiger partial charge >= 0.3 is 25.7 Å². The number of phosphoric ester groups is 1. The predicted octanol–water partition coefficient (Wildman–Crippen LogP) is 14.8. The summed E-state index contributed by atoms with van der Waals surface area (Å²) in [6.45, 7) is 5.21.